The summed E-state index contributed by atoms with van der Waals surface area (Å²) in [5, 5.41) is 5.73. The van der Waals surface area contributed by atoms with Crippen LogP contribution in [0.25, 0.3) is 0 Å². The lowest BCUT2D eigenvalue weighted by Gasteiger charge is -2.31. The monoisotopic (exact) mass is 564 g/mol. The first-order valence-corrected chi connectivity index (χ1v) is 13.7. The van der Waals surface area contributed by atoms with Crippen LogP contribution in [0.2, 0.25) is 0 Å². The summed E-state index contributed by atoms with van der Waals surface area (Å²) >= 11 is 0. The molecule has 0 radical (unpaired) electrons. The highest BCUT2D eigenvalue weighted by molar-refractivity contribution is 6.12. The molecule has 3 amide bonds. The SMILES string of the molecule is NCC1CCCC(CNC(=O)c2ccc3c(c2)NC(=O)CC(c2ccc(F)cc2)N3C(=O)c2cc(F)cc(F)c2)C1. The molecule has 5 rings (SSSR count). The molecule has 41 heavy (non-hydrogen) atoms. The first-order valence-electron chi connectivity index (χ1n) is 13.7. The molecule has 2 aliphatic rings. The molecular weight excluding hydrogens is 533 g/mol. The highest BCUT2D eigenvalue weighted by Gasteiger charge is 2.35. The lowest BCUT2D eigenvalue weighted by Crippen LogP contribution is -2.35. The Kier molecular flexibility index (Phi) is 8.39. The van der Waals surface area contributed by atoms with Gasteiger partial charge in [-0.3, -0.25) is 19.3 Å². The first kappa shape index (κ1) is 28.4. The topological polar surface area (TPSA) is 105 Å². The van der Waals surface area contributed by atoms with Gasteiger partial charge >= 0.3 is 0 Å². The summed E-state index contributed by atoms with van der Waals surface area (Å²) in [7, 11) is 0. The molecule has 1 saturated carbocycles. The molecule has 1 aliphatic carbocycles. The minimum Gasteiger partial charge on any atom is -0.352 e. The highest BCUT2D eigenvalue weighted by atomic mass is 19.1. The molecule has 1 aliphatic heterocycles. The number of amides is 3. The standard InChI is InChI=1S/C31H31F3N4O3/c32-23-7-4-20(5-8-23)28-15-29(39)37-26-13-21(30(40)36-17-19-3-1-2-18(10-19)16-35)6-9-27(26)38(28)31(41)22-11-24(33)14-25(34)12-22/h4-9,11-14,18-19,28H,1-3,10,15-17,35H2,(H,36,40)(H,37,39). The van der Waals surface area contributed by atoms with Gasteiger partial charge in [-0.05, 0) is 85.7 Å². The van der Waals surface area contributed by atoms with Crippen LogP contribution in [0.1, 0.15) is 64.4 Å². The summed E-state index contributed by atoms with van der Waals surface area (Å²) in [6.45, 7) is 1.13. The fraction of sp³-hybridized carbons (Fsp3) is 0.323. The Bertz CT molecular complexity index is 1440. The third-order valence-electron chi connectivity index (χ3n) is 7.84. The molecule has 3 aromatic rings. The summed E-state index contributed by atoms with van der Waals surface area (Å²) in [5.41, 5.74) is 6.72. The zero-order chi connectivity index (χ0) is 29.1. The molecule has 3 atom stereocenters. The predicted octanol–water partition coefficient (Wildman–Crippen LogP) is 5.33. The molecular formula is C31H31F3N4O3. The Morgan fingerprint density at radius 3 is 2.32 bits per heavy atom. The van der Waals surface area contributed by atoms with E-state index in [4.69, 9.17) is 5.73 Å². The fourth-order valence-electron chi connectivity index (χ4n) is 5.78. The number of hydrogen-bond donors (Lipinski definition) is 3. The predicted molar refractivity (Wildman–Crippen MR) is 149 cm³/mol. The number of halogens is 3. The summed E-state index contributed by atoms with van der Waals surface area (Å²) in [5.74, 6) is -3.12. The maximum atomic E-state index is 14.1. The molecule has 0 aromatic heterocycles. The summed E-state index contributed by atoms with van der Waals surface area (Å²) in [4.78, 5) is 41.2. The molecule has 0 spiro atoms. The van der Waals surface area contributed by atoms with Gasteiger partial charge in [-0.15, -0.1) is 0 Å². The van der Waals surface area contributed by atoms with E-state index >= 15 is 0 Å². The number of nitrogens with one attached hydrogen (secondary N) is 2. The third kappa shape index (κ3) is 6.43. The van der Waals surface area contributed by atoms with Gasteiger partial charge in [-0.2, -0.15) is 0 Å². The van der Waals surface area contributed by atoms with Crippen LogP contribution in [0.3, 0.4) is 0 Å². The molecule has 0 saturated heterocycles. The zero-order valence-corrected chi connectivity index (χ0v) is 22.3. The van der Waals surface area contributed by atoms with Crippen molar-refractivity contribution in [2.75, 3.05) is 23.3 Å². The van der Waals surface area contributed by atoms with Gasteiger partial charge in [-0.25, -0.2) is 13.2 Å². The molecule has 10 heteroatoms. The van der Waals surface area contributed by atoms with E-state index in [0.717, 1.165) is 37.8 Å². The average Bonchev–Trinajstić information content (AvgIpc) is 3.10. The van der Waals surface area contributed by atoms with Crippen LogP contribution in [0.5, 0.6) is 0 Å². The molecule has 3 aromatic carbocycles. The van der Waals surface area contributed by atoms with E-state index in [1.165, 1.54) is 47.4 Å². The van der Waals surface area contributed by atoms with Crippen molar-refractivity contribution >= 4 is 29.1 Å². The van der Waals surface area contributed by atoms with Crippen molar-refractivity contribution in [3.8, 4) is 0 Å². The number of rotatable bonds is 6. The highest BCUT2D eigenvalue weighted by Crippen LogP contribution is 2.40. The second-order valence-corrected chi connectivity index (χ2v) is 10.7. The Balaban J connectivity index is 1.48. The number of nitrogens with two attached hydrogens (primary N) is 1. The zero-order valence-electron chi connectivity index (χ0n) is 22.3. The van der Waals surface area contributed by atoms with Gasteiger partial charge in [0.15, 0.2) is 0 Å². The van der Waals surface area contributed by atoms with Gasteiger partial charge < -0.3 is 16.4 Å². The van der Waals surface area contributed by atoms with Crippen LogP contribution in [0.15, 0.2) is 60.7 Å². The lowest BCUT2D eigenvalue weighted by atomic mass is 9.81. The second kappa shape index (κ2) is 12.1. The molecule has 214 valence electrons. The minimum atomic E-state index is -0.932. The van der Waals surface area contributed by atoms with Crippen molar-refractivity contribution in [1.82, 2.24) is 5.32 Å². The van der Waals surface area contributed by atoms with Crippen molar-refractivity contribution in [2.45, 2.75) is 38.1 Å². The molecule has 0 bridgehead atoms. The Hall–Kier alpha value is -4.18. The molecule has 1 heterocycles. The maximum Gasteiger partial charge on any atom is 0.259 e. The quantitative estimate of drug-likeness (QED) is 0.377. The minimum absolute atomic E-state index is 0.193. The van der Waals surface area contributed by atoms with Crippen LogP contribution < -0.4 is 21.3 Å². The van der Waals surface area contributed by atoms with E-state index in [0.29, 0.717) is 36.6 Å². The summed E-state index contributed by atoms with van der Waals surface area (Å²) in [6, 6.07) is 11.4. The van der Waals surface area contributed by atoms with E-state index < -0.39 is 35.3 Å². The number of anilines is 2. The number of carbonyl (C=O) groups excluding carboxylic acids is 3. The van der Waals surface area contributed by atoms with Crippen LogP contribution in [0, 0.1) is 29.3 Å². The largest absolute Gasteiger partial charge is 0.352 e. The Labute approximate surface area is 235 Å². The van der Waals surface area contributed by atoms with Crippen molar-refractivity contribution in [2.24, 2.45) is 17.6 Å². The second-order valence-electron chi connectivity index (χ2n) is 10.7. The van der Waals surface area contributed by atoms with Crippen molar-refractivity contribution in [1.29, 1.82) is 0 Å². The first-order chi connectivity index (χ1) is 19.7. The maximum absolute atomic E-state index is 14.1. The molecule has 4 N–H and O–H groups in total. The summed E-state index contributed by atoms with van der Waals surface area (Å²) in [6.07, 6.45) is 3.93. The number of nitrogens with zero attached hydrogens (tertiary/aromatic N) is 1. The molecule has 3 unspecified atom stereocenters. The van der Waals surface area contributed by atoms with Crippen LogP contribution in [0.4, 0.5) is 24.5 Å². The number of hydrogen-bond acceptors (Lipinski definition) is 4. The smallest absolute Gasteiger partial charge is 0.259 e. The summed E-state index contributed by atoms with van der Waals surface area (Å²) < 4.78 is 41.9. The van der Waals surface area contributed by atoms with Crippen molar-refractivity contribution in [3.63, 3.8) is 0 Å². The van der Waals surface area contributed by atoms with Gasteiger partial charge in [0.05, 0.1) is 23.8 Å². The fourth-order valence-corrected chi connectivity index (χ4v) is 5.78. The van der Waals surface area contributed by atoms with Crippen LogP contribution in [-0.4, -0.2) is 30.8 Å². The van der Waals surface area contributed by atoms with Crippen LogP contribution in [-0.2, 0) is 4.79 Å². The number of carbonyl (C=O) groups is 3. The third-order valence-corrected chi connectivity index (χ3v) is 7.84. The molecule has 7 nitrogen and oxygen atoms in total. The van der Waals surface area contributed by atoms with E-state index in [1.54, 1.807) is 0 Å². The normalized spacial score (nSPS) is 20.5. The van der Waals surface area contributed by atoms with Gasteiger partial charge in [0.1, 0.15) is 17.5 Å². The van der Waals surface area contributed by atoms with E-state index in [2.05, 4.69) is 10.6 Å². The van der Waals surface area contributed by atoms with Crippen LogP contribution >= 0.6 is 0 Å². The number of fused-ring (bicyclic) bond motifs is 1. The van der Waals surface area contributed by atoms with E-state index in [-0.39, 0.29) is 34.8 Å². The van der Waals surface area contributed by atoms with Gasteiger partial charge in [0.25, 0.3) is 11.8 Å². The van der Waals surface area contributed by atoms with Crippen molar-refractivity contribution in [3.05, 3.63) is 94.8 Å². The van der Waals surface area contributed by atoms with E-state index in [1.807, 2.05) is 0 Å². The lowest BCUT2D eigenvalue weighted by molar-refractivity contribution is -0.116. The average molecular weight is 565 g/mol. The molecule has 1 fully saturated rings. The number of benzene rings is 3. The van der Waals surface area contributed by atoms with Gasteiger partial charge in [0, 0.05) is 23.7 Å². The Morgan fingerprint density at radius 1 is 0.902 bits per heavy atom. The van der Waals surface area contributed by atoms with Gasteiger partial charge in [-0.1, -0.05) is 18.6 Å². The van der Waals surface area contributed by atoms with Crippen molar-refractivity contribution < 1.29 is 27.6 Å². The van der Waals surface area contributed by atoms with Gasteiger partial charge in [0.2, 0.25) is 5.91 Å². The van der Waals surface area contributed by atoms with E-state index in [9.17, 15) is 27.6 Å². The Morgan fingerprint density at radius 2 is 1.61 bits per heavy atom.